The van der Waals surface area contributed by atoms with E-state index < -0.39 is 0 Å². The second-order valence-electron chi connectivity index (χ2n) is 4.93. The summed E-state index contributed by atoms with van der Waals surface area (Å²) < 4.78 is 15.4. The second kappa shape index (κ2) is 8.82. The highest BCUT2D eigenvalue weighted by atomic mass is 35.5. The third-order valence-corrected chi connectivity index (χ3v) is 3.79. The highest BCUT2D eigenvalue weighted by molar-refractivity contribution is 7.07. The Morgan fingerprint density at radius 3 is 2.86 bits per heavy atom. The van der Waals surface area contributed by atoms with Crippen LogP contribution in [0.1, 0.15) is 25.3 Å². The minimum atomic E-state index is -0.259. The number of hydrogen-bond acceptors (Lipinski definition) is 3. The number of nitrogens with two attached hydrogens (primary N) is 1. The average Bonchev–Trinajstić information content (AvgIpc) is 2.86. The zero-order valence-electron chi connectivity index (χ0n) is 12.2. The van der Waals surface area contributed by atoms with Gasteiger partial charge in [0.25, 0.3) is 0 Å². The summed E-state index contributed by atoms with van der Waals surface area (Å²) in [4.78, 5) is 16.4. The van der Waals surface area contributed by atoms with Crippen molar-refractivity contribution in [2.45, 2.75) is 32.4 Å². The fraction of sp³-hybridized carbons (Fsp3) is 0.333. The lowest BCUT2D eigenvalue weighted by atomic mass is 10.2. The van der Waals surface area contributed by atoms with Gasteiger partial charge in [-0.2, -0.15) is 4.99 Å². The van der Waals surface area contributed by atoms with Gasteiger partial charge in [0, 0.05) is 29.6 Å². The van der Waals surface area contributed by atoms with E-state index in [1.54, 1.807) is 29.0 Å². The smallest absolute Gasteiger partial charge is 0.248 e. The maximum atomic E-state index is 13.7. The Balaban J connectivity index is 0.00000242. The van der Waals surface area contributed by atoms with Crippen molar-refractivity contribution in [1.29, 1.82) is 0 Å². The van der Waals surface area contributed by atoms with Crippen molar-refractivity contribution in [3.05, 3.63) is 52.0 Å². The summed E-state index contributed by atoms with van der Waals surface area (Å²) in [6.45, 7) is 2.21. The Hall–Kier alpha value is -1.50. The van der Waals surface area contributed by atoms with Crippen molar-refractivity contribution in [3.63, 3.8) is 0 Å². The maximum Gasteiger partial charge on any atom is 0.248 e. The van der Waals surface area contributed by atoms with Gasteiger partial charge in [-0.1, -0.05) is 18.2 Å². The molecule has 1 unspecified atom stereocenters. The van der Waals surface area contributed by atoms with E-state index in [-0.39, 0.29) is 30.2 Å². The number of carbonyl (C=O) groups is 1. The molecule has 0 aliphatic carbocycles. The largest absolute Gasteiger partial charge is 0.328 e. The lowest BCUT2D eigenvalue weighted by molar-refractivity contribution is -0.118. The fourth-order valence-electron chi connectivity index (χ4n) is 1.83. The van der Waals surface area contributed by atoms with E-state index in [2.05, 4.69) is 4.99 Å². The quantitative estimate of drug-likeness (QED) is 0.907. The minimum Gasteiger partial charge on any atom is -0.328 e. The topological polar surface area (TPSA) is 60.4 Å². The summed E-state index contributed by atoms with van der Waals surface area (Å²) in [6.07, 6.45) is 2.74. The third-order valence-electron chi connectivity index (χ3n) is 2.99. The summed E-state index contributed by atoms with van der Waals surface area (Å²) in [7, 11) is 0. The first-order valence-corrected chi connectivity index (χ1v) is 7.64. The molecule has 1 aromatic heterocycles. The van der Waals surface area contributed by atoms with Crippen LogP contribution in [0.2, 0.25) is 0 Å². The van der Waals surface area contributed by atoms with E-state index in [1.165, 1.54) is 17.4 Å². The van der Waals surface area contributed by atoms with Crippen molar-refractivity contribution in [1.82, 2.24) is 4.57 Å². The monoisotopic (exact) mass is 343 g/mol. The molecule has 0 aliphatic rings. The molecule has 1 amide bonds. The molecule has 2 rings (SSSR count). The molecule has 7 heteroatoms. The number of rotatable bonds is 5. The third kappa shape index (κ3) is 5.36. The molecule has 2 N–H and O–H groups in total. The van der Waals surface area contributed by atoms with Gasteiger partial charge in [0.15, 0.2) is 4.80 Å². The number of thiazole rings is 1. The van der Waals surface area contributed by atoms with Crippen LogP contribution >= 0.6 is 23.7 Å². The highest BCUT2D eigenvalue weighted by Gasteiger charge is 2.06. The number of hydrogen-bond donors (Lipinski definition) is 1. The Kier molecular flexibility index (Phi) is 7.44. The van der Waals surface area contributed by atoms with Gasteiger partial charge in [0.1, 0.15) is 5.82 Å². The molecular formula is C15H19ClFN3OS. The first kappa shape index (κ1) is 18.5. The van der Waals surface area contributed by atoms with Gasteiger partial charge < -0.3 is 10.3 Å². The lowest BCUT2D eigenvalue weighted by Crippen LogP contribution is -2.19. The van der Waals surface area contributed by atoms with Crippen molar-refractivity contribution in [2.75, 3.05) is 0 Å². The van der Waals surface area contributed by atoms with Crippen LogP contribution in [0.4, 0.5) is 4.39 Å². The van der Waals surface area contributed by atoms with Crippen molar-refractivity contribution in [3.8, 4) is 0 Å². The first-order chi connectivity index (χ1) is 10.1. The molecular weight excluding hydrogens is 325 g/mol. The van der Waals surface area contributed by atoms with Crippen LogP contribution in [-0.4, -0.2) is 16.5 Å². The van der Waals surface area contributed by atoms with Crippen molar-refractivity contribution < 1.29 is 9.18 Å². The SMILES string of the molecule is CC(N)CCC(=O)N=c1sccn1Cc1ccccc1F.Cl. The number of benzene rings is 1. The van der Waals surface area contributed by atoms with Crippen LogP contribution in [-0.2, 0) is 11.3 Å². The molecule has 0 bridgehead atoms. The molecule has 0 fully saturated rings. The predicted octanol–water partition coefficient (Wildman–Crippen LogP) is 2.71. The van der Waals surface area contributed by atoms with Gasteiger partial charge in [-0.25, -0.2) is 4.39 Å². The molecule has 0 saturated carbocycles. The molecule has 1 atom stereocenters. The van der Waals surface area contributed by atoms with Gasteiger partial charge in [-0.05, 0) is 19.4 Å². The zero-order chi connectivity index (χ0) is 15.2. The molecule has 2 aromatic rings. The molecule has 1 heterocycles. The van der Waals surface area contributed by atoms with E-state index in [4.69, 9.17) is 5.73 Å². The van der Waals surface area contributed by atoms with Crippen molar-refractivity contribution >= 4 is 29.7 Å². The Morgan fingerprint density at radius 1 is 1.45 bits per heavy atom. The van der Waals surface area contributed by atoms with E-state index in [0.29, 0.717) is 29.8 Å². The van der Waals surface area contributed by atoms with Gasteiger partial charge in [0.05, 0.1) is 6.54 Å². The fourth-order valence-corrected chi connectivity index (χ4v) is 2.58. The molecule has 4 nitrogen and oxygen atoms in total. The predicted molar refractivity (Wildman–Crippen MR) is 88.5 cm³/mol. The first-order valence-electron chi connectivity index (χ1n) is 6.76. The minimum absolute atomic E-state index is 0. The Labute approximate surface area is 138 Å². The average molecular weight is 344 g/mol. The number of aromatic nitrogens is 1. The normalized spacial score (nSPS) is 12.8. The summed E-state index contributed by atoms with van der Waals surface area (Å²) in [5.41, 5.74) is 6.19. The molecule has 0 spiro atoms. The van der Waals surface area contributed by atoms with Crippen LogP contribution in [0.5, 0.6) is 0 Å². The van der Waals surface area contributed by atoms with E-state index in [9.17, 15) is 9.18 Å². The zero-order valence-corrected chi connectivity index (χ0v) is 13.9. The van der Waals surface area contributed by atoms with Crippen LogP contribution in [0.15, 0.2) is 40.8 Å². The molecule has 0 radical (unpaired) electrons. The summed E-state index contributed by atoms with van der Waals surface area (Å²) in [6, 6.07) is 6.57. The number of amides is 1. The van der Waals surface area contributed by atoms with Crippen LogP contribution < -0.4 is 10.5 Å². The van der Waals surface area contributed by atoms with Crippen LogP contribution in [0.3, 0.4) is 0 Å². The molecule has 0 aliphatic heterocycles. The lowest BCUT2D eigenvalue weighted by Gasteiger charge is -2.04. The number of nitrogens with zero attached hydrogens (tertiary/aromatic N) is 2. The summed E-state index contributed by atoms with van der Waals surface area (Å²) >= 11 is 1.36. The van der Waals surface area contributed by atoms with Crippen LogP contribution in [0, 0.1) is 5.82 Å². The van der Waals surface area contributed by atoms with Gasteiger partial charge in [-0.3, -0.25) is 4.79 Å². The van der Waals surface area contributed by atoms with Gasteiger partial charge in [-0.15, -0.1) is 23.7 Å². The highest BCUT2D eigenvalue weighted by Crippen LogP contribution is 2.08. The van der Waals surface area contributed by atoms with E-state index in [0.717, 1.165) is 0 Å². The van der Waals surface area contributed by atoms with Gasteiger partial charge >= 0.3 is 0 Å². The standard InChI is InChI=1S/C15H18FN3OS.ClH/c1-11(17)6-7-14(20)18-15-19(8-9-21-15)10-12-4-2-3-5-13(12)16;/h2-5,8-9,11H,6-7,10,17H2,1H3;1H. The molecule has 0 saturated heterocycles. The van der Waals surface area contributed by atoms with Crippen molar-refractivity contribution in [2.24, 2.45) is 10.7 Å². The number of carbonyl (C=O) groups excluding carboxylic acids is 1. The van der Waals surface area contributed by atoms with E-state index >= 15 is 0 Å². The molecule has 1 aromatic carbocycles. The Bertz CT molecular complexity index is 681. The number of halogens is 2. The maximum absolute atomic E-state index is 13.7. The second-order valence-corrected chi connectivity index (χ2v) is 5.80. The molecule has 22 heavy (non-hydrogen) atoms. The van der Waals surface area contributed by atoms with Gasteiger partial charge in [0.2, 0.25) is 5.91 Å². The van der Waals surface area contributed by atoms with Crippen LogP contribution in [0.25, 0.3) is 0 Å². The summed E-state index contributed by atoms with van der Waals surface area (Å²) in [5, 5.41) is 1.83. The summed E-state index contributed by atoms with van der Waals surface area (Å²) in [5.74, 6) is -0.456. The molecule has 120 valence electrons. The van der Waals surface area contributed by atoms with E-state index in [1.807, 2.05) is 12.3 Å². The Morgan fingerprint density at radius 2 is 2.18 bits per heavy atom.